The number of rotatable bonds is 4. The highest BCUT2D eigenvalue weighted by Crippen LogP contribution is 2.05. The van der Waals surface area contributed by atoms with Crippen LogP contribution in [0.4, 0.5) is 4.39 Å². The molecular weight excluding hydrogens is 295 g/mol. The van der Waals surface area contributed by atoms with Gasteiger partial charge in [-0.1, -0.05) is 15.9 Å². The van der Waals surface area contributed by atoms with Crippen molar-refractivity contribution in [1.82, 2.24) is 10.3 Å². The van der Waals surface area contributed by atoms with Crippen LogP contribution in [0.3, 0.4) is 0 Å². The Morgan fingerprint density at radius 3 is 2.94 bits per heavy atom. The van der Waals surface area contributed by atoms with Gasteiger partial charge in [0, 0.05) is 12.7 Å². The molecule has 0 radical (unpaired) electrons. The van der Waals surface area contributed by atoms with Crippen LogP contribution in [0.1, 0.15) is 10.4 Å². The van der Waals surface area contributed by atoms with Crippen LogP contribution in [0, 0.1) is 5.82 Å². The van der Waals surface area contributed by atoms with Crippen molar-refractivity contribution < 1.29 is 18.7 Å². The Hall–Kier alpha value is -1.50. The summed E-state index contributed by atoms with van der Waals surface area (Å²) in [4.78, 5) is 25.4. The SMILES string of the molecule is COC(=O)C(Br)CNC(=O)c1ccncc1F. The second-order valence-corrected chi connectivity index (χ2v) is 4.16. The van der Waals surface area contributed by atoms with Crippen molar-refractivity contribution in [3.8, 4) is 0 Å². The molecule has 1 amide bonds. The Labute approximate surface area is 105 Å². The minimum atomic E-state index is -0.714. The average molecular weight is 305 g/mol. The van der Waals surface area contributed by atoms with Crippen molar-refractivity contribution in [2.75, 3.05) is 13.7 Å². The Morgan fingerprint density at radius 2 is 2.35 bits per heavy atom. The molecule has 1 aromatic rings. The summed E-state index contributed by atoms with van der Waals surface area (Å²) in [5.41, 5.74) is -0.121. The summed E-state index contributed by atoms with van der Waals surface area (Å²) < 4.78 is 17.6. The number of esters is 1. The summed E-state index contributed by atoms with van der Waals surface area (Å²) in [6.07, 6.45) is 2.25. The van der Waals surface area contributed by atoms with Crippen molar-refractivity contribution in [2.24, 2.45) is 0 Å². The number of methoxy groups -OCH3 is 1. The third-order valence-corrected chi connectivity index (χ3v) is 2.61. The molecule has 0 saturated carbocycles. The van der Waals surface area contributed by atoms with Crippen LogP contribution in [0.15, 0.2) is 18.5 Å². The molecule has 1 rings (SSSR count). The molecule has 1 N–H and O–H groups in total. The van der Waals surface area contributed by atoms with E-state index in [9.17, 15) is 14.0 Å². The van der Waals surface area contributed by atoms with Gasteiger partial charge < -0.3 is 10.1 Å². The molecule has 5 nitrogen and oxygen atoms in total. The molecule has 17 heavy (non-hydrogen) atoms. The lowest BCUT2D eigenvalue weighted by molar-refractivity contribution is -0.139. The zero-order valence-electron chi connectivity index (χ0n) is 8.94. The van der Waals surface area contributed by atoms with Crippen molar-refractivity contribution in [3.63, 3.8) is 0 Å². The van der Waals surface area contributed by atoms with Crippen molar-refractivity contribution in [1.29, 1.82) is 0 Å². The largest absolute Gasteiger partial charge is 0.468 e. The van der Waals surface area contributed by atoms with E-state index in [1.54, 1.807) is 0 Å². The van der Waals surface area contributed by atoms with Crippen LogP contribution in [0.25, 0.3) is 0 Å². The van der Waals surface area contributed by atoms with Crippen molar-refractivity contribution in [2.45, 2.75) is 4.83 Å². The summed E-state index contributed by atoms with van der Waals surface area (Å²) in [7, 11) is 1.24. The number of nitrogens with zero attached hydrogens (tertiary/aromatic N) is 1. The molecule has 0 spiro atoms. The van der Waals surface area contributed by atoms with Crippen LogP contribution in [-0.2, 0) is 9.53 Å². The highest BCUT2D eigenvalue weighted by Gasteiger charge is 2.17. The molecule has 0 aliphatic rings. The number of nitrogens with one attached hydrogen (secondary N) is 1. The zero-order valence-corrected chi connectivity index (χ0v) is 10.5. The van der Waals surface area contributed by atoms with Gasteiger partial charge in [-0.3, -0.25) is 14.6 Å². The highest BCUT2D eigenvalue weighted by atomic mass is 79.9. The molecule has 0 aromatic carbocycles. The maximum Gasteiger partial charge on any atom is 0.321 e. The molecule has 1 atom stereocenters. The monoisotopic (exact) mass is 304 g/mol. The van der Waals surface area contributed by atoms with E-state index in [2.05, 4.69) is 31.0 Å². The third-order valence-electron chi connectivity index (χ3n) is 1.92. The zero-order chi connectivity index (χ0) is 12.8. The van der Waals surface area contributed by atoms with Crippen LogP contribution in [0.2, 0.25) is 0 Å². The predicted molar refractivity (Wildman–Crippen MR) is 61.3 cm³/mol. The lowest BCUT2D eigenvalue weighted by Gasteiger charge is -2.09. The average Bonchev–Trinajstić information content (AvgIpc) is 2.35. The minimum absolute atomic E-state index is 0.00721. The number of amides is 1. The number of aromatic nitrogens is 1. The van der Waals surface area contributed by atoms with Crippen LogP contribution in [-0.4, -0.2) is 35.3 Å². The van der Waals surface area contributed by atoms with Gasteiger partial charge in [0.25, 0.3) is 5.91 Å². The van der Waals surface area contributed by atoms with E-state index in [0.717, 1.165) is 6.20 Å². The summed E-state index contributed by atoms with van der Waals surface area (Å²) in [6.45, 7) is 0.00721. The highest BCUT2D eigenvalue weighted by molar-refractivity contribution is 9.10. The fourth-order valence-electron chi connectivity index (χ4n) is 1.05. The van der Waals surface area contributed by atoms with E-state index < -0.39 is 22.5 Å². The maximum absolute atomic E-state index is 13.2. The first kappa shape index (κ1) is 13.6. The van der Waals surface area contributed by atoms with Gasteiger partial charge in [0.1, 0.15) is 4.83 Å². The summed E-state index contributed by atoms with van der Waals surface area (Å²) in [5.74, 6) is -1.84. The number of alkyl halides is 1. The number of carbonyl (C=O) groups excluding carboxylic acids is 2. The lowest BCUT2D eigenvalue weighted by atomic mass is 10.2. The Morgan fingerprint density at radius 1 is 1.65 bits per heavy atom. The first-order valence-electron chi connectivity index (χ1n) is 4.66. The van der Waals surface area contributed by atoms with Gasteiger partial charge in [0.05, 0.1) is 18.9 Å². The van der Waals surface area contributed by atoms with Crippen molar-refractivity contribution >= 4 is 27.8 Å². The number of ether oxygens (including phenoxy) is 1. The molecule has 1 heterocycles. The number of halogens is 2. The molecular formula is C10H10BrFN2O3. The minimum Gasteiger partial charge on any atom is -0.468 e. The summed E-state index contributed by atoms with van der Waals surface area (Å²) >= 11 is 3.03. The third kappa shape index (κ3) is 3.77. The molecule has 0 aliphatic carbocycles. The van der Waals surface area contributed by atoms with E-state index in [1.165, 1.54) is 19.4 Å². The number of hydrogen-bond acceptors (Lipinski definition) is 4. The van der Waals surface area contributed by atoms with Gasteiger partial charge >= 0.3 is 5.97 Å². The number of carbonyl (C=O) groups is 2. The second kappa shape index (κ2) is 6.29. The quantitative estimate of drug-likeness (QED) is 0.662. The van der Waals surface area contributed by atoms with Gasteiger partial charge in [-0.25, -0.2) is 4.39 Å². The summed E-state index contributed by atoms with van der Waals surface area (Å²) in [6, 6.07) is 1.26. The molecule has 92 valence electrons. The van der Waals surface area contributed by atoms with E-state index in [0.29, 0.717) is 0 Å². The normalized spacial score (nSPS) is 11.7. The van der Waals surface area contributed by atoms with Gasteiger partial charge in [-0.05, 0) is 6.07 Å². The Balaban J connectivity index is 2.57. The first-order chi connectivity index (χ1) is 8.06. The maximum atomic E-state index is 13.2. The Bertz CT molecular complexity index is 428. The van der Waals surface area contributed by atoms with Crippen LogP contribution < -0.4 is 5.32 Å². The van der Waals surface area contributed by atoms with Gasteiger partial charge in [0.15, 0.2) is 5.82 Å². The van der Waals surface area contributed by atoms with Crippen molar-refractivity contribution in [3.05, 3.63) is 29.8 Å². The standard InChI is InChI=1S/C10H10BrFN2O3/c1-17-10(16)7(11)4-14-9(15)6-2-3-13-5-8(6)12/h2-3,5,7H,4H2,1H3,(H,14,15). The predicted octanol–water partition coefficient (Wildman–Crippen LogP) is 0.887. The van der Waals surface area contributed by atoms with Gasteiger partial charge in [0.2, 0.25) is 0 Å². The smallest absolute Gasteiger partial charge is 0.321 e. The molecule has 0 aliphatic heterocycles. The molecule has 1 aromatic heterocycles. The number of hydrogen-bond donors (Lipinski definition) is 1. The Kier molecular flexibility index (Phi) is 5.02. The van der Waals surface area contributed by atoms with E-state index in [1.807, 2.05) is 0 Å². The topological polar surface area (TPSA) is 68.3 Å². The molecule has 7 heteroatoms. The lowest BCUT2D eigenvalue weighted by Crippen LogP contribution is -2.34. The first-order valence-corrected chi connectivity index (χ1v) is 5.57. The van der Waals surface area contributed by atoms with Gasteiger partial charge in [-0.15, -0.1) is 0 Å². The van der Waals surface area contributed by atoms with Crippen LogP contribution in [0.5, 0.6) is 0 Å². The fraction of sp³-hybridized carbons (Fsp3) is 0.300. The molecule has 0 bridgehead atoms. The second-order valence-electron chi connectivity index (χ2n) is 3.06. The van der Waals surface area contributed by atoms with E-state index in [-0.39, 0.29) is 12.1 Å². The van der Waals surface area contributed by atoms with Crippen LogP contribution >= 0.6 is 15.9 Å². The van der Waals surface area contributed by atoms with E-state index in [4.69, 9.17) is 0 Å². The molecule has 0 fully saturated rings. The molecule has 1 unspecified atom stereocenters. The van der Waals surface area contributed by atoms with E-state index >= 15 is 0 Å². The summed E-state index contributed by atoms with van der Waals surface area (Å²) in [5, 5.41) is 2.40. The van der Waals surface area contributed by atoms with Gasteiger partial charge in [-0.2, -0.15) is 0 Å². The fourth-order valence-corrected chi connectivity index (χ4v) is 1.40. The molecule has 0 saturated heterocycles. The number of pyridine rings is 1.